The van der Waals surface area contributed by atoms with E-state index in [1.54, 1.807) is 6.08 Å². The van der Waals surface area contributed by atoms with E-state index in [0.29, 0.717) is 24.5 Å². The predicted molar refractivity (Wildman–Crippen MR) is 127 cm³/mol. The Morgan fingerprint density at radius 3 is 2.29 bits per heavy atom. The molecule has 0 amide bonds. The molecule has 34 heavy (non-hydrogen) atoms. The van der Waals surface area contributed by atoms with E-state index in [0.717, 1.165) is 18.4 Å². The van der Waals surface area contributed by atoms with E-state index in [1.165, 1.54) is 11.6 Å². The van der Waals surface area contributed by atoms with Crippen molar-refractivity contribution in [3.8, 4) is 0 Å². The Labute approximate surface area is 203 Å². The smallest absolute Gasteiger partial charge is 0.456 e. The van der Waals surface area contributed by atoms with Crippen molar-refractivity contribution in [3.05, 3.63) is 76.8 Å². The standard InChI is InChI=1S/C24H27ClO5.CH2O3/c25-19-11-8-18(9-12-19)7-4-14-29-20-15-21(26)24(28)22(16-20)30-23(27)13-10-17-5-2-1-3-6-17;2-1(3)4/h1-3,5-6,8-13,20-22,24,26,28H,4,7,14-16H2;(H2,2,3,4)/b13-10+;/t20-,21-,22+,24+;/m0./s1. The van der Waals surface area contributed by atoms with Gasteiger partial charge in [0.05, 0.1) is 12.2 Å². The molecule has 0 unspecified atom stereocenters. The van der Waals surface area contributed by atoms with E-state index in [2.05, 4.69) is 0 Å². The van der Waals surface area contributed by atoms with Crippen LogP contribution in [0.1, 0.15) is 30.4 Å². The first-order valence-electron chi connectivity index (χ1n) is 10.8. The first-order chi connectivity index (χ1) is 16.2. The van der Waals surface area contributed by atoms with E-state index in [1.807, 2.05) is 54.6 Å². The van der Waals surface area contributed by atoms with Crippen molar-refractivity contribution in [2.75, 3.05) is 6.61 Å². The predicted octanol–water partition coefficient (Wildman–Crippen LogP) is 4.02. The molecule has 0 aliphatic heterocycles. The lowest BCUT2D eigenvalue weighted by atomic mass is 9.89. The van der Waals surface area contributed by atoms with Crippen molar-refractivity contribution in [1.29, 1.82) is 0 Å². The summed E-state index contributed by atoms with van der Waals surface area (Å²) >= 11 is 5.89. The SMILES string of the molecule is O=C(/C=C/c1ccccc1)O[C@@H]1C[C@@H](OCCCc2ccc(Cl)cc2)C[C@H](O)[C@H]1O.O=C(O)O. The van der Waals surface area contributed by atoms with Crippen molar-refractivity contribution in [1.82, 2.24) is 0 Å². The lowest BCUT2D eigenvalue weighted by molar-refractivity contribution is -0.170. The van der Waals surface area contributed by atoms with Gasteiger partial charge in [0.15, 0.2) is 0 Å². The number of aliphatic hydroxyl groups excluding tert-OH is 2. The maximum atomic E-state index is 12.1. The fourth-order valence-corrected chi connectivity index (χ4v) is 3.63. The van der Waals surface area contributed by atoms with E-state index in [-0.39, 0.29) is 6.10 Å². The minimum Gasteiger partial charge on any atom is -0.456 e. The molecule has 0 aromatic heterocycles. The number of carbonyl (C=O) groups is 2. The minimum absolute atomic E-state index is 0.274. The van der Waals surface area contributed by atoms with Crippen molar-refractivity contribution in [2.45, 2.75) is 50.1 Å². The van der Waals surface area contributed by atoms with Gasteiger partial charge in [-0.05, 0) is 42.2 Å². The number of carbonyl (C=O) groups excluding carboxylic acids is 1. The number of aliphatic hydroxyl groups is 2. The largest absolute Gasteiger partial charge is 0.503 e. The first-order valence-corrected chi connectivity index (χ1v) is 11.2. The highest BCUT2D eigenvalue weighted by molar-refractivity contribution is 6.30. The van der Waals surface area contributed by atoms with Gasteiger partial charge >= 0.3 is 12.1 Å². The molecule has 0 spiro atoms. The van der Waals surface area contributed by atoms with Gasteiger partial charge in [0.25, 0.3) is 0 Å². The molecule has 4 atom stereocenters. The van der Waals surface area contributed by atoms with Gasteiger partial charge in [0.1, 0.15) is 12.2 Å². The third-order valence-corrected chi connectivity index (χ3v) is 5.38. The van der Waals surface area contributed by atoms with Crippen LogP contribution >= 0.6 is 11.6 Å². The number of hydrogen-bond donors (Lipinski definition) is 4. The maximum absolute atomic E-state index is 12.1. The molecule has 0 saturated heterocycles. The molecule has 2 aromatic carbocycles. The molecule has 8 nitrogen and oxygen atoms in total. The fourth-order valence-electron chi connectivity index (χ4n) is 3.50. The van der Waals surface area contributed by atoms with Crippen LogP contribution in [0.15, 0.2) is 60.7 Å². The normalized spacial score (nSPS) is 22.0. The minimum atomic E-state index is -1.83. The highest BCUT2D eigenvalue weighted by Gasteiger charge is 2.38. The number of halogens is 1. The Kier molecular flexibility index (Phi) is 11.6. The van der Waals surface area contributed by atoms with Crippen molar-refractivity contribution >= 4 is 29.8 Å². The maximum Gasteiger partial charge on any atom is 0.503 e. The number of esters is 1. The molecule has 184 valence electrons. The van der Waals surface area contributed by atoms with Crippen LogP contribution in [-0.4, -0.2) is 63.6 Å². The fraction of sp³-hybridized carbons (Fsp3) is 0.360. The van der Waals surface area contributed by atoms with E-state index < -0.39 is 30.4 Å². The monoisotopic (exact) mass is 492 g/mol. The molecule has 4 N–H and O–H groups in total. The topological polar surface area (TPSA) is 134 Å². The van der Waals surface area contributed by atoms with Gasteiger partial charge in [-0.1, -0.05) is 54.1 Å². The molecule has 1 aliphatic carbocycles. The number of benzene rings is 2. The lowest BCUT2D eigenvalue weighted by Gasteiger charge is -2.36. The van der Waals surface area contributed by atoms with Crippen LogP contribution in [0.2, 0.25) is 5.02 Å². The van der Waals surface area contributed by atoms with Crippen LogP contribution in [-0.2, 0) is 20.7 Å². The Balaban J connectivity index is 0.000000945. The van der Waals surface area contributed by atoms with Crippen LogP contribution < -0.4 is 0 Å². The Morgan fingerprint density at radius 1 is 1.00 bits per heavy atom. The van der Waals surface area contributed by atoms with Gasteiger partial charge in [-0.15, -0.1) is 0 Å². The molecule has 1 aliphatic rings. The van der Waals surface area contributed by atoms with Crippen LogP contribution in [0.3, 0.4) is 0 Å². The average Bonchev–Trinajstić information content (AvgIpc) is 2.80. The summed E-state index contributed by atoms with van der Waals surface area (Å²) in [6.45, 7) is 0.519. The summed E-state index contributed by atoms with van der Waals surface area (Å²) in [4.78, 5) is 20.7. The number of rotatable bonds is 8. The van der Waals surface area contributed by atoms with Gasteiger partial charge in [0, 0.05) is 30.5 Å². The van der Waals surface area contributed by atoms with Gasteiger partial charge < -0.3 is 29.9 Å². The van der Waals surface area contributed by atoms with Crippen LogP contribution in [0, 0.1) is 0 Å². The molecule has 1 fully saturated rings. The van der Waals surface area contributed by atoms with E-state index in [9.17, 15) is 15.0 Å². The third-order valence-electron chi connectivity index (χ3n) is 5.13. The third kappa shape index (κ3) is 10.4. The molecule has 0 radical (unpaired) electrons. The highest BCUT2D eigenvalue weighted by Crippen LogP contribution is 2.25. The first kappa shape index (κ1) is 27.3. The molecular weight excluding hydrogens is 464 g/mol. The number of aryl methyl sites for hydroxylation is 1. The van der Waals surface area contributed by atoms with Crippen LogP contribution in [0.4, 0.5) is 4.79 Å². The van der Waals surface area contributed by atoms with Crippen LogP contribution in [0.5, 0.6) is 0 Å². The Morgan fingerprint density at radius 2 is 1.65 bits per heavy atom. The zero-order valence-electron chi connectivity index (χ0n) is 18.5. The molecule has 2 aromatic rings. The Bertz CT molecular complexity index is 912. The summed E-state index contributed by atoms with van der Waals surface area (Å²) in [6, 6.07) is 17.1. The summed E-state index contributed by atoms with van der Waals surface area (Å²) in [5.74, 6) is -0.557. The summed E-state index contributed by atoms with van der Waals surface area (Å²) in [6.07, 6.45) is 0.305. The van der Waals surface area contributed by atoms with Crippen molar-refractivity contribution < 1.29 is 39.5 Å². The van der Waals surface area contributed by atoms with Gasteiger partial charge in [-0.3, -0.25) is 0 Å². The zero-order valence-corrected chi connectivity index (χ0v) is 19.3. The summed E-state index contributed by atoms with van der Waals surface area (Å²) in [5.41, 5.74) is 2.06. The van der Waals surface area contributed by atoms with Gasteiger partial charge in [0.2, 0.25) is 0 Å². The van der Waals surface area contributed by atoms with E-state index in [4.69, 9.17) is 36.1 Å². The van der Waals surface area contributed by atoms with Crippen molar-refractivity contribution in [3.63, 3.8) is 0 Å². The van der Waals surface area contributed by atoms with E-state index >= 15 is 0 Å². The second-order valence-corrected chi connectivity index (χ2v) is 8.19. The number of hydrogen-bond acceptors (Lipinski definition) is 6. The second kappa shape index (κ2) is 14.4. The average molecular weight is 493 g/mol. The zero-order chi connectivity index (χ0) is 24.9. The molecule has 1 saturated carbocycles. The number of ether oxygens (including phenoxy) is 2. The molecule has 0 bridgehead atoms. The summed E-state index contributed by atoms with van der Waals surface area (Å²) in [7, 11) is 0. The Hall–Kier alpha value is -2.91. The number of carboxylic acid groups (broad SMARTS) is 2. The second-order valence-electron chi connectivity index (χ2n) is 7.75. The molecular formula is C25H29ClO8. The van der Waals surface area contributed by atoms with Crippen LogP contribution in [0.25, 0.3) is 6.08 Å². The van der Waals surface area contributed by atoms with Gasteiger partial charge in [-0.25, -0.2) is 9.59 Å². The molecule has 9 heteroatoms. The summed E-state index contributed by atoms with van der Waals surface area (Å²) < 4.78 is 11.3. The molecule has 3 rings (SSSR count). The lowest BCUT2D eigenvalue weighted by Crippen LogP contribution is -2.48. The van der Waals surface area contributed by atoms with Gasteiger partial charge in [-0.2, -0.15) is 0 Å². The highest BCUT2D eigenvalue weighted by atomic mass is 35.5. The van der Waals surface area contributed by atoms with Crippen molar-refractivity contribution in [2.24, 2.45) is 0 Å². The summed E-state index contributed by atoms with van der Waals surface area (Å²) in [5, 5.41) is 35.0. The molecule has 0 heterocycles. The quantitative estimate of drug-likeness (QED) is 0.246.